The fraction of sp³-hybridized carbons (Fsp3) is 0.610. The Morgan fingerprint density at radius 2 is 1.24 bits per heavy atom. The van der Waals surface area contributed by atoms with E-state index in [0.29, 0.717) is 19.0 Å². The van der Waals surface area contributed by atoms with Crippen LogP contribution in [0.2, 0.25) is 0 Å². The third kappa shape index (κ3) is 8.52. The molecule has 3 fully saturated rings. The Kier molecular flexibility index (Phi) is 12.2. The Morgan fingerprint density at radius 3 is 1.73 bits per heavy atom. The van der Waals surface area contributed by atoms with Gasteiger partial charge >= 0.3 is 12.2 Å². The van der Waals surface area contributed by atoms with E-state index >= 15 is 0 Å². The molecule has 0 radical (unpaired) electrons. The van der Waals surface area contributed by atoms with Crippen molar-refractivity contribution in [2.24, 2.45) is 11.8 Å². The van der Waals surface area contributed by atoms with E-state index < -0.39 is 24.3 Å². The molecule has 0 bridgehead atoms. The summed E-state index contributed by atoms with van der Waals surface area (Å²) in [5.41, 5.74) is 4.33. The smallest absolute Gasteiger partial charge is 0.407 e. The minimum Gasteiger partial charge on any atom is -0.453 e. The van der Waals surface area contributed by atoms with Crippen LogP contribution in [0.15, 0.2) is 36.7 Å². The van der Waals surface area contributed by atoms with Gasteiger partial charge in [-0.15, -0.1) is 0 Å². The first-order valence-electron chi connectivity index (χ1n) is 19.8. The lowest BCUT2D eigenvalue weighted by atomic mass is 9.68. The summed E-state index contributed by atoms with van der Waals surface area (Å²) in [7, 11) is 2.60. The van der Waals surface area contributed by atoms with E-state index in [1.165, 1.54) is 19.8 Å². The average molecular weight is 759 g/mol. The number of H-pyrrole nitrogens is 2. The van der Waals surface area contributed by atoms with Crippen molar-refractivity contribution in [1.82, 2.24) is 40.4 Å². The zero-order chi connectivity index (χ0) is 39.4. The van der Waals surface area contributed by atoms with E-state index in [9.17, 15) is 19.2 Å². The second kappa shape index (κ2) is 16.9. The number of ether oxygens (including phenoxy) is 2. The topological polar surface area (TPSA) is 175 Å². The minimum absolute atomic E-state index is 0.0472. The number of likely N-dealkylation sites (tertiary alicyclic amines) is 2. The van der Waals surface area contributed by atoms with Crippen molar-refractivity contribution in [3.63, 3.8) is 0 Å². The van der Waals surface area contributed by atoms with Gasteiger partial charge in [-0.3, -0.25) is 9.59 Å². The first-order valence-corrected chi connectivity index (χ1v) is 19.8. The van der Waals surface area contributed by atoms with Crippen LogP contribution in [0.1, 0.15) is 127 Å². The van der Waals surface area contributed by atoms with Gasteiger partial charge in [0.2, 0.25) is 11.8 Å². The first-order chi connectivity index (χ1) is 26.3. The van der Waals surface area contributed by atoms with Crippen molar-refractivity contribution in [2.75, 3.05) is 27.3 Å². The van der Waals surface area contributed by atoms with Crippen molar-refractivity contribution < 1.29 is 28.7 Å². The summed E-state index contributed by atoms with van der Waals surface area (Å²) in [5, 5.41) is 5.43. The Hall–Kier alpha value is -4.88. The quantitative estimate of drug-likeness (QED) is 0.171. The maximum atomic E-state index is 13.6. The van der Waals surface area contributed by atoms with Crippen LogP contribution in [0, 0.1) is 11.8 Å². The molecule has 1 aromatic carbocycles. The number of amides is 4. The van der Waals surface area contributed by atoms with E-state index in [2.05, 4.69) is 51.8 Å². The van der Waals surface area contributed by atoms with Gasteiger partial charge in [0.1, 0.15) is 23.7 Å². The second-order valence-electron chi connectivity index (χ2n) is 16.4. The molecule has 2 aromatic heterocycles. The van der Waals surface area contributed by atoms with Crippen LogP contribution in [0.25, 0.3) is 11.3 Å². The molecule has 6 rings (SSSR count). The number of hydrogen-bond acceptors (Lipinski definition) is 8. The van der Waals surface area contributed by atoms with Crippen LogP contribution in [-0.4, -0.2) is 93.1 Å². The molecule has 4 heterocycles. The molecule has 55 heavy (non-hydrogen) atoms. The Labute approximate surface area is 323 Å². The third-order valence-electron chi connectivity index (χ3n) is 12.1. The van der Waals surface area contributed by atoms with Crippen molar-refractivity contribution >= 4 is 24.0 Å². The number of benzene rings is 1. The van der Waals surface area contributed by atoms with Gasteiger partial charge in [0.05, 0.1) is 38.2 Å². The highest BCUT2D eigenvalue weighted by Crippen LogP contribution is 2.45. The van der Waals surface area contributed by atoms with Crippen LogP contribution in [-0.2, 0) is 24.5 Å². The Morgan fingerprint density at radius 1 is 0.745 bits per heavy atom. The predicted molar refractivity (Wildman–Crippen MR) is 207 cm³/mol. The molecule has 298 valence electrons. The average Bonchev–Trinajstić information content (AvgIpc) is 4.02. The number of hydrogen-bond donors (Lipinski definition) is 4. The van der Waals surface area contributed by atoms with Crippen LogP contribution in [0.3, 0.4) is 0 Å². The van der Waals surface area contributed by atoms with Crippen LogP contribution < -0.4 is 10.6 Å². The molecule has 3 aliphatic rings. The van der Waals surface area contributed by atoms with Gasteiger partial charge in [0.15, 0.2) is 0 Å². The third-order valence-corrected chi connectivity index (χ3v) is 12.1. The maximum absolute atomic E-state index is 13.6. The molecule has 0 unspecified atom stereocenters. The summed E-state index contributed by atoms with van der Waals surface area (Å²) in [5.74, 6) is 1.60. The zero-order valence-corrected chi connectivity index (χ0v) is 33.3. The van der Waals surface area contributed by atoms with Crippen molar-refractivity contribution in [1.29, 1.82) is 0 Å². The highest BCUT2D eigenvalue weighted by atomic mass is 16.5. The SMILES string of the molecule is COC(=O)N[C@H](C(=O)N1CCC[C@H]1c1ncc(-c2ccc(C3CCC(C)(c4cnc([C@@H]5CCCN5C(=O)[C@@H](NC(=O)OC)C(C)C)[nH]4)CC3)cc2)[nH]1)C(C)C. The number of rotatable bonds is 11. The van der Waals surface area contributed by atoms with Gasteiger partial charge in [-0.25, -0.2) is 19.6 Å². The lowest BCUT2D eigenvalue weighted by Gasteiger charge is -2.37. The number of methoxy groups -OCH3 is 2. The lowest BCUT2D eigenvalue weighted by molar-refractivity contribution is -0.136. The molecule has 4 N–H and O–H groups in total. The summed E-state index contributed by atoms with van der Waals surface area (Å²) >= 11 is 0. The van der Waals surface area contributed by atoms with Gasteiger partial charge < -0.3 is 39.9 Å². The molecule has 4 atom stereocenters. The number of carbonyl (C=O) groups excluding carboxylic acids is 4. The van der Waals surface area contributed by atoms with Gasteiger partial charge in [-0.2, -0.15) is 0 Å². The van der Waals surface area contributed by atoms with E-state index in [1.807, 2.05) is 49.9 Å². The Bertz CT molecular complexity index is 1810. The highest BCUT2D eigenvalue weighted by Gasteiger charge is 2.40. The Balaban J connectivity index is 1.06. The summed E-state index contributed by atoms with van der Waals surface area (Å²) in [6.45, 7) is 11.2. The van der Waals surface area contributed by atoms with Gasteiger partial charge in [0, 0.05) is 30.4 Å². The highest BCUT2D eigenvalue weighted by molar-refractivity contribution is 5.87. The van der Waals surface area contributed by atoms with Crippen molar-refractivity contribution in [3.05, 3.63) is 59.6 Å². The predicted octanol–water partition coefficient (Wildman–Crippen LogP) is 6.50. The maximum Gasteiger partial charge on any atom is 0.407 e. The molecule has 14 heteroatoms. The molecule has 14 nitrogen and oxygen atoms in total. The number of alkyl carbamates (subject to hydrolysis) is 2. The number of aromatic amines is 2. The fourth-order valence-electron chi connectivity index (χ4n) is 8.64. The monoisotopic (exact) mass is 758 g/mol. The number of carbonyl (C=O) groups is 4. The number of nitrogens with zero attached hydrogens (tertiary/aromatic N) is 4. The van der Waals surface area contributed by atoms with E-state index in [1.54, 1.807) is 0 Å². The standard InChI is InChI=1S/C41H58N8O6/c1-24(2)33(46-39(52)54-6)37(50)48-20-8-10-30(48)35-42-22-29(44-35)28-14-12-26(13-15-28)27-16-18-41(5,19-17-27)32-23-43-36(45-32)31-11-9-21-49(31)38(51)34(25(3)4)47-40(53)55-7/h12-15,22-25,27,30-31,33-34H,8-11,16-21H2,1-7H3,(H,42,44)(H,43,45)(H,46,52)(H,47,53)/t27?,30-,31-,33-,34-,41?/m0/s1. The van der Waals surface area contributed by atoms with Crippen LogP contribution in [0.4, 0.5) is 9.59 Å². The molecular weight excluding hydrogens is 701 g/mol. The number of imidazole rings is 2. The number of nitrogens with one attached hydrogen (secondary N) is 4. The van der Waals surface area contributed by atoms with Gasteiger partial charge in [-0.05, 0) is 80.2 Å². The molecule has 4 amide bonds. The molecule has 2 aliphatic heterocycles. The van der Waals surface area contributed by atoms with E-state index in [4.69, 9.17) is 19.4 Å². The van der Waals surface area contributed by atoms with E-state index in [-0.39, 0.29) is 41.1 Å². The first kappa shape index (κ1) is 39.8. The summed E-state index contributed by atoms with van der Waals surface area (Å²) in [4.78, 5) is 71.4. The van der Waals surface area contributed by atoms with E-state index in [0.717, 1.165) is 80.0 Å². The normalized spacial score (nSPS) is 23.8. The molecule has 1 aliphatic carbocycles. The summed E-state index contributed by atoms with van der Waals surface area (Å²) < 4.78 is 9.54. The zero-order valence-electron chi connectivity index (χ0n) is 33.3. The van der Waals surface area contributed by atoms with Gasteiger partial charge in [-0.1, -0.05) is 58.9 Å². The van der Waals surface area contributed by atoms with Crippen LogP contribution >= 0.6 is 0 Å². The minimum atomic E-state index is -0.674. The molecule has 3 aromatic rings. The molecule has 0 spiro atoms. The molecule has 1 saturated carbocycles. The van der Waals surface area contributed by atoms with Crippen molar-refractivity contribution in [2.45, 2.75) is 121 Å². The van der Waals surface area contributed by atoms with Gasteiger partial charge in [0.25, 0.3) is 0 Å². The second-order valence-corrected chi connectivity index (χ2v) is 16.4. The van der Waals surface area contributed by atoms with Crippen molar-refractivity contribution in [3.8, 4) is 11.3 Å². The largest absolute Gasteiger partial charge is 0.453 e. The van der Waals surface area contributed by atoms with Crippen LogP contribution in [0.5, 0.6) is 0 Å². The molecular formula is C41H58N8O6. The summed E-state index contributed by atoms with van der Waals surface area (Å²) in [6, 6.07) is 7.06. The summed E-state index contributed by atoms with van der Waals surface area (Å²) in [6.07, 6.45) is 10.1. The number of aromatic nitrogens is 4. The fourth-order valence-corrected chi connectivity index (χ4v) is 8.64. The molecule has 2 saturated heterocycles. The lowest BCUT2D eigenvalue weighted by Crippen LogP contribution is -2.51.